The smallest absolute Gasteiger partial charge is 0.329 e. The lowest BCUT2D eigenvalue weighted by molar-refractivity contribution is -0.152. The van der Waals surface area contributed by atoms with Gasteiger partial charge in [-0.3, -0.25) is 9.36 Å². The van der Waals surface area contributed by atoms with E-state index in [1.807, 2.05) is 13.8 Å². The summed E-state index contributed by atoms with van der Waals surface area (Å²) in [4.78, 5) is 32.1. The fraction of sp³-hybridized carbons (Fsp3) is 0.667. The van der Waals surface area contributed by atoms with Crippen LogP contribution in [0.25, 0.3) is 10.2 Å². The molecule has 3 unspecified atom stereocenters. The summed E-state index contributed by atoms with van der Waals surface area (Å²) >= 11 is 1.64. The molecule has 0 saturated carbocycles. The summed E-state index contributed by atoms with van der Waals surface area (Å²) in [5.41, 5.74) is 1.28. The van der Waals surface area contributed by atoms with Gasteiger partial charge in [-0.05, 0) is 56.4 Å². The van der Waals surface area contributed by atoms with Gasteiger partial charge in [-0.15, -0.1) is 11.3 Å². The molecule has 3 atom stereocenters. The number of ether oxygens (including phenoxy) is 1. The molecule has 0 N–H and O–H groups in total. The summed E-state index contributed by atoms with van der Waals surface area (Å²) in [7, 11) is 0. The highest BCUT2D eigenvalue weighted by Gasteiger charge is 2.32. The number of carbonyl (C=O) groups excluding carboxylic acids is 1. The van der Waals surface area contributed by atoms with Crippen molar-refractivity contribution in [2.24, 2.45) is 11.3 Å². The Morgan fingerprint density at radius 2 is 2.11 bits per heavy atom. The minimum absolute atomic E-state index is 0.125. The first-order chi connectivity index (χ1) is 12.6. The maximum absolute atomic E-state index is 13.2. The second kappa shape index (κ2) is 7.38. The fourth-order valence-electron chi connectivity index (χ4n) is 3.69. The van der Waals surface area contributed by atoms with Gasteiger partial charge in [0.15, 0.2) is 0 Å². The first-order valence-corrected chi connectivity index (χ1v) is 10.7. The Hall–Kier alpha value is -1.69. The number of esters is 1. The van der Waals surface area contributed by atoms with Crippen LogP contribution in [0.4, 0.5) is 0 Å². The molecule has 0 amide bonds. The van der Waals surface area contributed by atoms with Gasteiger partial charge in [0.05, 0.1) is 17.8 Å². The molecule has 0 aromatic carbocycles. The molecule has 0 fully saturated rings. The van der Waals surface area contributed by atoms with E-state index in [0.29, 0.717) is 11.3 Å². The van der Waals surface area contributed by atoms with Crippen molar-refractivity contribution in [3.63, 3.8) is 0 Å². The monoisotopic (exact) mass is 390 g/mol. The predicted octanol–water partition coefficient (Wildman–Crippen LogP) is 4.51. The van der Waals surface area contributed by atoms with Gasteiger partial charge in [0.25, 0.3) is 5.56 Å². The number of thiophene rings is 1. The Morgan fingerprint density at radius 3 is 2.74 bits per heavy atom. The number of hydrogen-bond acceptors (Lipinski definition) is 5. The Morgan fingerprint density at radius 1 is 1.41 bits per heavy atom. The van der Waals surface area contributed by atoms with Crippen LogP contribution in [0.2, 0.25) is 0 Å². The van der Waals surface area contributed by atoms with Crippen LogP contribution in [0.1, 0.15) is 70.9 Å². The summed E-state index contributed by atoms with van der Waals surface area (Å²) in [6, 6.07) is -0.676. The molecule has 148 valence electrons. The van der Waals surface area contributed by atoms with Crippen molar-refractivity contribution in [1.29, 1.82) is 0 Å². The minimum Gasteiger partial charge on any atom is -0.461 e. The topological polar surface area (TPSA) is 61.2 Å². The van der Waals surface area contributed by atoms with Crippen LogP contribution in [0.3, 0.4) is 0 Å². The quantitative estimate of drug-likeness (QED) is 0.721. The number of aromatic nitrogens is 2. The van der Waals surface area contributed by atoms with Gasteiger partial charge in [0.1, 0.15) is 10.9 Å². The number of hydrogen-bond donors (Lipinski definition) is 0. The number of fused-ring (bicyclic) bond motifs is 3. The molecule has 0 bridgehead atoms. The molecule has 27 heavy (non-hydrogen) atoms. The van der Waals surface area contributed by atoms with E-state index in [0.717, 1.165) is 36.1 Å². The van der Waals surface area contributed by atoms with E-state index in [4.69, 9.17) is 4.74 Å². The molecule has 6 heteroatoms. The van der Waals surface area contributed by atoms with Crippen molar-refractivity contribution in [3.8, 4) is 0 Å². The lowest BCUT2D eigenvalue weighted by Crippen LogP contribution is -2.31. The van der Waals surface area contributed by atoms with Gasteiger partial charge >= 0.3 is 5.97 Å². The summed E-state index contributed by atoms with van der Waals surface area (Å²) in [6.07, 6.45) is 5.08. The number of nitrogens with zero attached hydrogens (tertiary/aromatic N) is 2. The largest absolute Gasteiger partial charge is 0.461 e. The molecule has 2 aromatic rings. The molecular formula is C21H30N2O3S. The molecule has 3 rings (SSSR count). The first kappa shape index (κ1) is 20.1. The second-order valence-electron chi connectivity index (χ2n) is 8.78. The van der Waals surface area contributed by atoms with Crippen LogP contribution < -0.4 is 5.56 Å². The molecule has 1 aliphatic carbocycles. The van der Waals surface area contributed by atoms with Crippen LogP contribution >= 0.6 is 11.3 Å². The van der Waals surface area contributed by atoms with Crippen LogP contribution in [-0.4, -0.2) is 21.6 Å². The van der Waals surface area contributed by atoms with Crippen LogP contribution in [-0.2, 0) is 22.4 Å². The van der Waals surface area contributed by atoms with E-state index in [1.54, 1.807) is 18.3 Å². The van der Waals surface area contributed by atoms with Crippen molar-refractivity contribution in [2.75, 3.05) is 0 Å². The van der Waals surface area contributed by atoms with Gasteiger partial charge < -0.3 is 4.74 Å². The average Bonchev–Trinajstić information content (AvgIpc) is 2.99. The van der Waals surface area contributed by atoms with E-state index in [9.17, 15) is 9.59 Å². The van der Waals surface area contributed by atoms with Crippen LogP contribution in [0.15, 0.2) is 11.1 Å². The average molecular weight is 391 g/mol. The number of carbonyl (C=O) groups is 1. The predicted molar refractivity (Wildman–Crippen MR) is 109 cm³/mol. The summed E-state index contributed by atoms with van der Waals surface area (Å²) in [5.74, 6) is 0.231. The lowest BCUT2D eigenvalue weighted by atomic mass is 9.72. The van der Waals surface area contributed by atoms with Gasteiger partial charge in [-0.2, -0.15) is 0 Å². The molecule has 0 aliphatic heterocycles. The molecule has 2 heterocycles. The zero-order valence-corrected chi connectivity index (χ0v) is 18.0. The van der Waals surface area contributed by atoms with Crippen LogP contribution in [0.5, 0.6) is 0 Å². The maximum atomic E-state index is 13.2. The van der Waals surface area contributed by atoms with Gasteiger partial charge in [-0.25, -0.2) is 9.78 Å². The highest BCUT2D eigenvalue weighted by Crippen LogP contribution is 2.42. The highest BCUT2D eigenvalue weighted by molar-refractivity contribution is 7.18. The lowest BCUT2D eigenvalue weighted by Gasteiger charge is -2.33. The normalized spacial score (nSPS) is 19.6. The molecule has 1 aliphatic rings. The minimum atomic E-state index is -0.676. The summed E-state index contributed by atoms with van der Waals surface area (Å²) in [6.45, 7) is 12.4. The van der Waals surface area contributed by atoms with Crippen molar-refractivity contribution < 1.29 is 9.53 Å². The number of aryl methyl sites for hydroxylation is 1. The van der Waals surface area contributed by atoms with E-state index in [1.165, 1.54) is 15.8 Å². The molecule has 0 saturated heterocycles. The van der Waals surface area contributed by atoms with E-state index in [-0.39, 0.29) is 23.0 Å². The fourth-order valence-corrected chi connectivity index (χ4v) is 4.95. The molecule has 0 spiro atoms. The Bertz CT molecular complexity index is 907. The SMILES string of the molecule is CCC(C)OC(=O)C(C)n1cnc2sc3c(c2c1=O)CCC(C(C)(C)C)C3. The number of rotatable bonds is 4. The molecule has 0 radical (unpaired) electrons. The first-order valence-electron chi connectivity index (χ1n) is 9.85. The summed E-state index contributed by atoms with van der Waals surface area (Å²) in [5, 5.41) is 0.702. The van der Waals surface area contributed by atoms with Gasteiger partial charge in [-0.1, -0.05) is 27.7 Å². The Kier molecular flexibility index (Phi) is 5.48. The standard InChI is InChI=1S/C21H30N2O3S/c1-7-12(2)26-20(25)13(3)23-11-22-18-17(19(23)24)15-9-8-14(21(4,5)6)10-16(15)27-18/h11-14H,7-10H2,1-6H3. The third-order valence-corrected chi connectivity index (χ3v) is 7.03. The highest BCUT2D eigenvalue weighted by atomic mass is 32.1. The maximum Gasteiger partial charge on any atom is 0.329 e. The molecular weight excluding hydrogens is 360 g/mol. The van der Waals surface area contributed by atoms with E-state index in [2.05, 4.69) is 25.8 Å². The zero-order valence-electron chi connectivity index (χ0n) is 17.2. The third kappa shape index (κ3) is 3.82. The third-order valence-electron chi connectivity index (χ3n) is 5.87. The zero-order chi connectivity index (χ0) is 19.9. The second-order valence-corrected chi connectivity index (χ2v) is 9.86. The van der Waals surface area contributed by atoms with Gasteiger partial charge in [0, 0.05) is 4.88 Å². The molecule has 2 aromatic heterocycles. The summed E-state index contributed by atoms with van der Waals surface area (Å²) < 4.78 is 6.83. The van der Waals surface area contributed by atoms with E-state index >= 15 is 0 Å². The van der Waals surface area contributed by atoms with Crippen molar-refractivity contribution >= 4 is 27.5 Å². The molecule has 5 nitrogen and oxygen atoms in total. The Balaban J connectivity index is 1.97. The van der Waals surface area contributed by atoms with Crippen LogP contribution in [0, 0.1) is 11.3 Å². The van der Waals surface area contributed by atoms with Crippen molar-refractivity contribution in [2.45, 2.75) is 79.4 Å². The van der Waals surface area contributed by atoms with Crippen molar-refractivity contribution in [1.82, 2.24) is 9.55 Å². The Labute approximate surface area is 164 Å². The van der Waals surface area contributed by atoms with Crippen molar-refractivity contribution in [3.05, 3.63) is 27.1 Å². The van der Waals surface area contributed by atoms with Gasteiger partial charge in [0.2, 0.25) is 0 Å². The van der Waals surface area contributed by atoms with E-state index < -0.39 is 6.04 Å².